The summed E-state index contributed by atoms with van der Waals surface area (Å²) in [7, 11) is 0. The van der Waals surface area contributed by atoms with Crippen LogP contribution in [0.2, 0.25) is 0 Å². The lowest BCUT2D eigenvalue weighted by atomic mass is 10.0. The maximum absolute atomic E-state index is 12.0. The number of ether oxygens (including phenoxy) is 3. The van der Waals surface area contributed by atoms with Crippen LogP contribution >= 0.6 is 0 Å². The molecule has 1 N–H and O–H groups in total. The number of hydrogen-bond donors (Lipinski definition) is 1. The van der Waals surface area contributed by atoms with E-state index in [1.165, 1.54) is 122 Å². The molecule has 1 aliphatic heterocycles. The molecule has 1 fully saturated rings. The van der Waals surface area contributed by atoms with Gasteiger partial charge in [-0.3, -0.25) is 9.59 Å². The molecule has 3 atom stereocenters. The van der Waals surface area contributed by atoms with E-state index in [2.05, 4.69) is 26.0 Å². The van der Waals surface area contributed by atoms with Gasteiger partial charge < -0.3 is 19.3 Å². The summed E-state index contributed by atoms with van der Waals surface area (Å²) in [6.07, 6.45) is 38.6. The maximum atomic E-state index is 12.0. The average molecular weight is 651 g/mol. The summed E-state index contributed by atoms with van der Waals surface area (Å²) < 4.78 is 16.1. The molecule has 0 aromatic carbocycles. The second-order valence-electron chi connectivity index (χ2n) is 13.8. The van der Waals surface area contributed by atoms with Crippen molar-refractivity contribution in [2.75, 3.05) is 13.2 Å². The predicted molar refractivity (Wildman–Crippen MR) is 191 cm³/mol. The normalized spacial score (nSPS) is 16.6. The minimum atomic E-state index is -0.967. The first-order chi connectivity index (χ1) is 22.6. The van der Waals surface area contributed by atoms with Crippen LogP contribution < -0.4 is 0 Å². The molecule has 0 saturated carbocycles. The van der Waals surface area contributed by atoms with Crippen LogP contribution in [0.4, 0.5) is 0 Å². The molecule has 6 heteroatoms. The van der Waals surface area contributed by atoms with Gasteiger partial charge in [-0.2, -0.15) is 0 Å². The molecule has 1 rings (SSSR count). The van der Waals surface area contributed by atoms with E-state index in [0.717, 1.165) is 51.4 Å². The van der Waals surface area contributed by atoms with Gasteiger partial charge in [0.1, 0.15) is 19.3 Å². The number of allylic oxidation sites excluding steroid dienone is 1. The van der Waals surface area contributed by atoms with Crippen LogP contribution in [0.5, 0.6) is 0 Å². The monoisotopic (exact) mass is 651 g/mol. The van der Waals surface area contributed by atoms with Gasteiger partial charge in [0.25, 0.3) is 0 Å². The van der Waals surface area contributed by atoms with Crippen LogP contribution in [0.25, 0.3) is 0 Å². The van der Waals surface area contributed by atoms with Crippen LogP contribution in [-0.4, -0.2) is 48.6 Å². The molecule has 0 amide bonds. The molecule has 0 aromatic heterocycles. The molecule has 0 bridgehead atoms. The van der Waals surface area contributed by atoms with Gasteiger partial charge in [-0.1, -0.05) is 161 Å². The van der Waals surface area contributed by atoms with Gasteiger partial charge in [0.05, 0.1) is 12.2 Å². The zero-order valence-electron chi connectivity index (χ0n) is 30.3. The minimum absolute atomic E-state index is 0.118. The Labute approximate surface area is 284 Å². The third-order valence-corrected chi connectivity index (χ3v) is 9.17. The molecule has 270 valence electrons. The Bertz CT molecular complexity index is 723. The number of epoxide rings is 1. The van der Waals surface area contributed by atoms with Crippen molar-refractivity contribution < 1.29 is 28.9 Å². The quantitative estimate of drug-likeness (QED) is 0.0318. The third kappa shape index (κ3) is 28.8. The van der Waals surface area contributed by atoms with E-state index in [0.29, 0.717) is 25.0 Å². The second-order valence-corrected chi connectivity index (χ2v) is 13.8. The van der Waals surface area contributed by atoms with Crippen molar-refractivity contribution >= 4 is 11.9 Å². The lowest BCUT2D eigenvalue weighted by Crippen LogP contribution is -2.25. The van der Waals surface area contributed by atoms with Crippen molar-refractivity contribution in [2.24, 2.45) is 0 Å². The standard InChI is InChI=1S/C40H74O6/c1-3-5-7-8-9-10-11-12-13-14-15-16-17-21-24-28-32-39(42)44-34-36(41)35-45-40(43)33-29-25-22-19-18-20-23-27-31-38-37(46-38)30-26-6-4-2/h23,27,36-38,41H,3-22,24-26,28-35H2,1-2H3/b27-23-/t36-,37?,38?/m1/s1. The Morgan fingerprint density at radius 2 is 0.978 bits per heavy atom. The summed E-state index contributed by atoms with van der Waals surface area (Å²) in [5, 5.41) is 10.0. The zero-order chi connectivity index (χ0) is 33.3. The van der Waals surface area contributed by atoms with Crippen LogP contribution in [0.15, 0.2) is 12.2 Å². The molecule has 1 heterocycles. The summed E-state index contributed by atoms with van der Waals surface area (Å²) in [5.41, 5.74) is 0. The third-order valence-electron chi connectivity index (χ3n) is 9.17. The number of hydrogen-bond acceptors (Lipinski definition) is 6. The van der Waals surface area contributed by atoms with Gasteiger partial charge in [0.2, 0.25) is 0 Å². The Kier molecular flexibility index (Phi) is 29.8. The topological polar surface area (TPSA) is 85.4 Å². The second kappa shape index (κ2) is 32.2. The number of unbranched alkanes of at least 4 members (excludes halogenated alkanes) is 22. The smallest absolute Gasteiger partial charge is 0.305 e. The number of aliphatic hydroxyl groups excluding tert-OH is 1. The molecule has 1 saturated heterocycles. The van der Waals surface area contributed by atoms with Crippen LogP contribution in [0, 0.1) is 0 Å². The van der Waals surface area contributed by atoms with Crippen molar-refractivity contribution in [3.8, 4) is 0 Å². The van der Waals surface area contributed by atoms with Crippen molar-refractivity contribution in [3.63, 3.8) is 0 Å². The fourth-order valence-electron chi connectivity index (χ4n) is 6.03. The van der Waals surface area contributed by atoms with Gasteiger partial charge in [0.15, 0.2) is 0 Å². The first kappa shape index (κ1) is 42.6. The highest BCUT2D eigenvalue weighted by Gasteiger charge is 2.36. The van der Waals surface area contributed by atoms with Gasteiger partial charge in [-0.05, 0) is 38.5 Å². The number of esters is 2. The van der Waals surface area contributed by atoms with E-state index >= 15 is 0 Å². The molecule has 0 aliphatic carbocycles. The van der Waals surface area contributed by atoms with Gasteiger partial charge in [-0.25, -0.2) is 0 Å². The Morgan fingerprint density at radius 3 is 1.46 bits per heavy atom. The average Bonchev–Trinajstić information content (AvgIpc) is 3.81. The number of rotatable bonds is 35. The van der Waals surface area contributed by atoms with Crippen LogP contribution in [0.3, 0.4) is 0 Å². The number of carbonyl (C=O) groups is 2. The van der Waals surface area contributed by atoms with Gasteiger partial charge in [0, 0.05) is 12.8 Å². The van der Waals surface area contributed by atoms with E-state index in [4.69, 9.17) is 14.2 Å². The zero-order valence-corrected chi connectivity index (χ0v) is 30.3. The van der Waals surface area contributed by atoms with Crippen molar-refractivity contribution in [3.05, 3.63) is 12.2 Å². The van der Waals surface area contributed by atoms with E-state index in [9.17, 15) is 14.7 Å². The molecule has 0 radical (unpaired) electrons. The van der Waals surface area contributed by atoms with E-state index in [1.807, 2.05) is 0 Å². The lowest BCUT2D eigenvalue weighted by Gasteiger charge is -2.12. The molecule has 6 nitrogen and oxygen atoms in total. The highest BCUT2D eigenvalue weighted by atomic mass is 16.6. The minimum Gasteiger partial charge on any atom is -0.463 e. The summed E-state index contributed by atoms with van der Waals surface area (Å²) in [5.74, 6) is -0.577. The van der Waals surface area contributed by atoms with E-state index in [1.54, 1.807) is 0 Å². The van der Waals surface area contributed by atoms with Crippen molar-refractivity contribution in [1.82, 2.24) is 0 Å². The van der Waals surface area contributed by atoms with Gasteiger partial charge in [-0.15, -0.1) is 0 Å². The fourth-order valence-corrected chi connectivity index (χ4v) is 6.03. The first-order valence-corrected chi connectivity index (χ1v) is 19.9. The van der Waals surface area contributed by atoms with Gasteiger partial charge >= 0.3 is 11.9 Å². The predicted octanol–water partition coefficient (Wildman–Crippen LogP) is 11.1. The Hall–Kier alpha value is -1.40. The molecular weight excluding hydrogens is 576 g/mol. The summed E-state index contributed by atoms with van der Waals surface area (Å²) in [4.78, 5) is 23.9. The highest BCUT2D eigenvalue weighted by Crippen LogP contribution is 2.30. The van der Waals surface area contributed by atoms with E-state index < -0.39 is 6.10 Å². The molecule has 0 aromatic rings. The summed E-state index contributed by atoms with van der Waals surface area (Å²) in [6, 6.07) is 0. The maximum Gasteiger partial charge on any atom is 0.305 e. The number of carbonyl (C=O) groups excluding carboxylic acids is 2. The SMILES string of the molecule is CCCCCCCCCCCCCCCCCCC(=O)OC[C@@H](O)COC(=O)CCCCCCC/C=C\CC1OC1CCCCC. The first-order valence-electron chi connectivity index (χ1n) is 19.9. The molecule has 1 aliphatic rings. The van der Waals surface area contributed by atoms with Crippen molar-refractivity contribution in [1.29, 1.82) is 0 Å². The Morgan fingerprint density at radius 1 is 0.565 bits per heavy atom. The van der Waals surface area contributed by atoms with Crippen molar-refractivity contribution in [2.45, 2.75) is 218 Å². The van der Waals surface area contributed by atoms with E-state index in [-0.39, 0.29) is 25.2 Å². The van der Waals surface area contributed by atoms with Crippen LogP contribution in [0.1, 0.15) is 200 Å². The fraction of sp³-hybridized carbons (Fsp3) is 0.900. The number of aliphatic hydroxyl groups is 1. The highest BCUT2D eigenvalue weighted by molar-refractivity contribution is 5.69. The molecule has 0 spiro atoms. The largest absolute Gasteiger partial charge is 0.463 e. The lowest BCUT2D eigenvalue weighted by molar-refractivity contribution is -0.152. The summed E-state index contributed by atoms with van der Waals surface area (Å²) >= 11 is 0. The molecular formula is C40H74O6. The summed E-state index contributed by atoms with van der Waals surface area (Å²) in [6.45, 7) is 4.27. The molecule has 2 unspecified atom stereocenters. The van der Waals surface area contributed by atoms with Crippen LogP contribution in [-0.2, 0) is 23.8 Å². The molecule has 46 heavy (non-hydrogen) atoms. The Balaban J connectivity index is 1.80.